The maximum atomic E-state index is 4.43. The van der Waals surface area contributed by atoms with Crippen molar-refractivity contribution >= 4 is 23.8 Å². The summed E-state index contributed by atoms with van der Waals surface area (Å²) in [5, 5.41) is 0. The summed E-state index contributed by atoms with van der Waals surface area (Å²) in [4.78, 5) is 13.1. The van der Waals surface area contributed by atoms with Gasteiger partial charge in [-0.05, 0) is 30.3 Å². The highest BCUT2D eigenvalue weighted by Gasteiger charge is 1.93. The first-order chi connectivity index (χ1) is 10.9. The fourth-order valence-electron chi connectivity index (χ4n) is 1.94. The SMILES string of the molecule is C(=N\c1ccccc1)/c1cncc(/C=N/c2ccccc2)c1. The van der Waals surface area contributed by atoms with Gasteiger partial charge in [-0.25, -0.2) is 0 Å². The summed E-state index contributed by atoms with van der Waals surface area (Å²) in [6.45, 7) is 0. The lowest BCUT2D eigenvalue weighted by Gasteiger charge is -1.97. The van der Waals surface area contributed by atoms with Crippen molar-refractivity contribution in [2.75, 3.05) is 0 Å². The van der Waals surface area contributed by atoms with Crippen molar-refractivity contribution < 1.29 is 0 Å². The minimum atomic E-state index is 0.922. The van der Waals surface area contributed by atoms with Gasteiger partial charge < -0.3 is 0 Å². The molecule has 22 heavy (non-hydrogen) atoms. The fourth-order valence-corrected chi connectivity index (χ4v) is 1.94. The molecule has 0 unspecified atom stereocenters. The lowest BCUT2D eigenvalue weighted by molar-refractivity contribution is 1.31. The van der Waals surface area contributed by atoms with Gasteiger partial charge in [-0.1, -0.05) is 36.4 Å². The molecule has 0 atom stereocenters. The van der Waals surface area contributed by atoms with Gasteiger partial charge in [-0.3, -0.25) is 15.0 Å². The smallest absolute Gasteiger partial charge is 0.0629 e. The number of benzene rings is 2. The van der Waals surface area contributed by atoms with E-state index in [-0.39, 0.29) is 0 Å². The Hall–Kier alpha value is -3.07. The quantitative estimate of drug-likeness (QED) is 0.646. The predicted molar refractivity (Wildman–Crippen MR) is 91.6 cm³/mol. The molecule has 106 valence electrons. The molecule has 0 bridgehead atoms. The van der Waals surface area contributed by atoms with Crippen LogP contribution in [0.4, 0.5) is 11.4 Å². The van der Waals surface area contributed by atoms with Crippen LogP contribution in [0.25, 0.3) is 0 Å². The third-order valence-corrected chi connectivity index (χ3v) is 3.02. The second-order valence-electron chi connectivity index (χ2n) is 4.74. The minimum absolute atomic E-state index is 0.922. The molecular formula is C19H15N3. The molecule has 3 rings (SSSR count). The maximum Gasteiger partial charge on any atom is 0.0629 e. The highest BCUT2D eigenvalue weighted by molar-refractivity contribution is 5.87. The number of rotatable bonds is 4. The van der Waals surface area contributed by atoms with Gasteiger partial charge in [0.25, 0.3) is 0 Å². The van der Waals surface area contributed by atoms with E-state index in [4.69, 9.17) is 0 Å². The second kappa shape index (κ2) is 7.09. The van der Waals surface area contributed by atoms with Crippen molar-refractivity contribution in [2.45, 2.75) is 0 Å². The molecule has 0 fully saturated rings. The van der Waals surface area contributed by atoms with E-state index in [9.17, 15) is 0 Å². The van der Waals surface area contributed by atoms with Crippen LogP contribution >= 0.6 is 0 Å². The molecule has 0 saturated heterocycles. The number of aliphatic imine (C=N–C) groups is 2. The standard InChI is InChI=1S/C19H15N3/c1-3-7-18(8-4-1)21-14-16-11-17(13-20-12-16)15-22-19-9-5-2-6-10-19/h1-15H/b21-14+,22-15+. The zero-order valence-electron chi connectivity index (χ0n) is 12.0. The lowest BCUT2D eigenvalue weighted by atomic mass is 10.2. The molecule has 3 heteroatoms. The van der Waals surface area contributed by atoms with E-state index in [1.807, 2.05) is 79.2 Å². The van der Waals surface area contributed by atoms with Crippen molar-refractivity contribution in [3.05, 3.63) is 90.3 Å². The van der Waals surface area contributed by atoms with Crippen LogP contribution in [0.3, 0.4) is 0 Å². The van der Waals surface area contributed by atoms with Crippen molar-refractivity contribution in [2.24, 2.45) is 9.98 Å². The van der Waals surface area contributed by atoms with Gasteiger partial charge in [0.05, 0.1) is 11.4 Å². The van der Waals surface area contributed by atoms with E-state index >= 15 is 0 Å². The number of hydrogen-bond acceptors (Lipinski definition) is 3. The molecule has 1 heterocycles. The van der Waals surface area contributed by atoms with Crippen LogP contribution in [0, 0.1) is 0 Å². The van der Waals surface area contributed by atoms with E-state index in [0.29, 0.717) is 0 Å². The molecule has 2 aromatic carbocycles. The largest absolute Gasteiger partial charge is 0.263 e. The van der Waals surface area contributed by atoms with Crippen molar-refractivity contribution in [3.8, 4) is 0 Å². The van der Waals surface area contributed by atoms with Gasteiger partial charge in [-0.15, -0.1) is 0 Å². The summed E-state index contributed by atoms with van der Waals surface area (Å²) in [6, 6.07) is 21.7. The summed E-state index contributed by atoms with van der Waals surface area (Å²) in [6.07, 6.45) is 7.18. The molecule has 0 spiro atoms. The van der Waals surface area contributed by atoms with Gasteiger partial charge in [0.2, 0.25) is 0 Å². The average Bonchev–Trinajstić information content (AvgIpc) is 2.60. The Morgan fingerprint density at radius 3 is 1.55 bits per heavy atom. The Balaban J connectivity index is 1.75. The van der Waals surface area contributed by atoms with Crippen LogP contribution in [-0.2, 0) is 0 Å². The first kappa shape index (κ1) is 13.9. The molecule has 0 aliphatic rings. The van der Waals surface area contributed by atoms with Crippen LogP contribution < -0.4 is 0 Å². The van der Waals surface area contributed by atoms with Gasteiger partial charge in [0.1, 0.15) is 0 Å². The second-order valence-corrected chi connectivity index (χ2v) is 4.74. The highest BCUT2D eigenvalue weighted by Crippen LogP contribution is 2.11. The Morgan fingerprint density at radius 1 is 0.636 bits per heavy atom. The predicted octanol–water partition coefficient (Wildman–Crippen LogP) is 4.58. The van der Waals surface area contributed by atoms with Crippen LogP contribution in [0.2, 0.25) is 0 Å². The molecule has 0 aliphatic carbocycles. The van der Waals surface area contributed by atoms with Gasteiger partial charge in [-0.2, -0.15) is 0 Å². The molecule has 0 radical (unpaired) electrons. The molecule has 0 saturated carbocycles. The van der Waals surface area contributed by atoms with Crippen molar-refractivity contribution in [3.63, 3.8) is 0 Å². The summed E-state index contributed by atoms with van der Waals surface area (Å²) in [7, 11) is 0. The molecule has 0 aliphatic heterocycles. The molecule has 3 aromatic rings. The Kier molecular flexibility index (Phi) is 4.47. The summed E-state index contributed by atoms with van der Waals surface area (Å²) >= 11 is 0. The van der Waals surface area contributed by atoms with Crippen LogP contribution in [0.1, 0.15) is 11.1 Å². The van der Waals surface area contributed by atoms with Crippen molar-refractivity contribution in [1.29, 1.82) is 0 Å². The third-order valence-electron chi connectivity index (χ3n) is 3.02. The number of para-hydroxylation sites is 2. The van der Waals surface area contributed by atoms with Crippen LogP contribution in [0.15, 0.2) is 89.1 Å². The van der Waals surface area contributed by atoms with Crippen LogP contribution in [-0.4, -0.2) is 17.4 Å². The number of aromatic nitrogens is 1. The fraction of sp³-hybridized carbons (Fsp3) is 0. The minimum Gasteiger partial charge on any atom is -0.263 e. The molecule has 0 amide bonds. The topological polar surface area (TPSA) is 37.6 Å². The van der Waals surface area contributed by atoms with E-state index in [0.717, 1.165) is 22.5 Å². The zero-order valence-corrected chi connectivity index (χ0v) is 12.0. The first-order valence-corrected chi connectivity index (χ1v) is 7.03. The molecule has 3 nitrogen and oxygen atoms in total. The monoisotopic (exact) mass is 285 g/mol. The summed E-state index contributed by atoms with van der Waals surface area (Å²) in [5.74, 6) is 0. The number of hydrogen-bond donors (Lipinski definition) is 0. The number of pyridine rings is 1. The Labute approximate surface area is 129 Å². The highest BCUT2D eigenvalue weighted by atomic mass is 14.7. The first-order valence-electron chi connectivity index (χ1n) is 7.03. The normalized spacial score (nSPS) is 11.3. The third kappa shape index (κ3) is 3.96. The van der Waals surface area contributed by atoms with E-state index < -0.39 is 0 Å². The van der Waals surface area contributed by atoms with E-state index in [1.165, 1.54) is 0 Å². The maximum absolute atomic E-state index is 4.43. The Bertz CT molecular complexity index is 713. The van der Waals surface area contributed by atoms with Crippen molar-refractivity contribution in [1.82, 2.24) is 4.98 Å². The molecule has 0 N–H and O–H groups in total. The molecule has 1 aromatic heterocycles. The summed E-state index contributed by atoms with van der Waals surface area (Å²) in [5.41, 5.74) is 3.73. The molecular weight excluding hydrogens is 270 g/mol. The lowest BCUT2D eigenvalue weighted by Crippen LogP contribution is -1.88. The Morgan fingerprint density at radius 2 is 1.09 bits per heavy atom. The van der Waals surface area contributed by atoms with Gasteiger partial charge >= 0.3 is 0 Å². The number of nitrogens with zero attached hydrogens (tertiary/aromatic N) is 3. The van der Waals surface area contributed by atoms with Gasteiger partial charge in [0.15, 0.2) is 0 Å². The zero-order chi connectivity index (χ0) is 15.0. The van der Waals surface area contributed by atoms with Gasteiger partial charge in [0, 0.05) is 35.9 Å². The average molecular weight is 285 g/mol. The van der Waals surface area contributed by atoms with Crippen LogP contribution in [0.5, 0.6) is 0 Å². The van der Waals surface area contributed by atoms with E-state index in [1.54, 1.807) is 12.4 Å². The van der Waals surface area contributed by atoms with E-state index in [2.05, 4.69) is 15.0 Å². The summed E-state index contributed by atoms with van der Waals surface area (Å²) < 4.78 is 0.